The third kappa shape index (κ3) is 1.60. The zero-order chi connectivity index (χ0) is 6.85. The van der Waals surface area contributed by atoms with Gasteiger partial charge in [0.25, 0.3) is 0 Å². The first-order valence-corrected chi connectivity index (χ1v) is 2.28. The normalized spacial score (nSPS) is 22.1. The smallest absolute Gasteiger partial charge is 0.137 e. The average Bonchev–Trinajstić information content (AvgIpc) is 1.59. The minimum atomic E-state index is -0.626. The van der Waals surface area contributed by atoms with Gasteiger partial charge in [0.15, 0.2) is 0 Å². The Labute approximate surface area is 50.4 Å². The van der Waals surface area contributed by atoms with Gasteiger partial charge in [-0.1, -0.05) is 5.23 Å². The lowest BCUT2D eigenvalue weighted by atomic mass is 10.5. The van der Waals surface area contributed by atoms with Crippen molar-refractivity contribution < 1.29 is 8.87 Å². The third-order valence-electron chi connectivity index (χ3n) is 0.793. The molecule has 3 N–H and O–H groups in total. The van der Waals surface area contributed by atoms with Gasteiger partial charge in [-0.2, -0.15) is 0 Å². The number of halogens is 2. The zero-order valence-corrected chi connectivity index (χ0v) is 4.51. The van der Waals surface area contributed by atoms with Crippen molar-refractivity contribution in [3.63, 3.8) is 0 Å². The van der Waals surface area contributed by atoms with E-state index in [2.05, 4.69) is 0 Å². The minimum Gasteiger partial charge on any atom is -0.233 e. The predicted octanol–water partition coefficient (Wildman–Crippen LogP) is -0.407. The molecule has 4 nitrogen and oxygen atoms in total. The summed E-state index contributed by atoms with van der Waals surface area (Å²) in [5, 5.41) is 0.730. The number of nitrogens with zero attached hydrogens (tertiary/aromatic N) is 2. The summed E-state index contributed by atoms with van der Waals surface area (Å²) in [4.78, 5) is 0. The van der Waals surface area contributed by atoms with E-state index >= 15 is 0 Å². The van der Waals surface area contributed by atoms with E-state index in [0.29, 0.717) is 5.12 Å². The lowest BCUT2D eigenvalue weighted by Crippen LogP contribution is -2.50. The van der Waals surface area contributed by atoms with Crippen molar-refractivity contribution in [2.24, 2.45) is 5.84 Å². The lowest BCUT2D eigenvalue weighted by Gasteiger charge is -2.23. The summed E-state index contributed by atoms with van der Waals surface area (Å²) < 4.78 is 24.1. The molecule has 0 aromatic carbocycles. The highest BCUT2D eigenvalue weighted by Gasteiger charge is 2.13. The Bertz CT molecular complexity index is 136. The summed E-state index contributed by atoms with van der Waals surface area (Å²) >= 11 is 0. The van der Waals surface area contributed by atoms with Crippen LogP contribution in [0.25, 0.3) is 0 Å². The highest BCUT2D eigenvalue weighted by Crippen LogP contribution is 2.03. The molecule has 0 aromatic heterocycles. The Balaban J connectivity index is 2.56. The first-order valence-electron chi connectivity index (χ1n) is 2.28. The van der Waals surface area contributed by atoms with Crippen molar-refractivity contribution in [2.45, 2.75) is 0 Å². The lowest BCUT2D eigenvalue weighted by molar-refractivity contribution is -0.104. The van der Waals surface area contributed by atoms with E-state index in [4.69, 9.17) is 5.84 Å². The van der Waals surface area contributed by atoms with Gasteiger partial charge in [-0.3, -0.25) is 0 Å². The molecule has 52 valence electrons. The molecule has 0 radical (unpaired) electrons. The standard InChI is InChI=1S/C3H6F2N4/c4-3-1-8(5)7-9(6)2-3/h2,7H,1,6H2. The number of hydrazine groups is 3. The number of nitrogens with two attached hydrogens (primary N) is 1. The Kier molecular flexibility index (Phi) is 1.60. The van der Waals surface area contributed by atoms with Crippen LogP contribution in [0.4, 0.5) is 8.87 Å². The molecule has 6 heteroatoms. The molecule has 0 bridgehead atoms. The number of nitrogens with one attached hydrogen (secondary N) is 1. The SMILES string of the molecule is NN1C=C(F)CN(F)N1. The summed E-state index contributed by atoms with van der Waals surface area (Å²) in [6.45, 7) is -0.409. The maximum atomic E-state index is 12.1. The highest BCUT2D eigenvalue weighted by molar-refractivity contribution is 4.92. The Morgan fingerprint density at radius 3 is 2.89 bits per heavy atom. The Morgan fingerprint density at radius 1 is 1.78 bits per heavy atom. The monoisotopic (exact) mass is 136 g/mol. The van der Waals surface area contributed by atoms with Gasteiger partial charge in [-0.05, 0) is 0 Å². The van der Waals surface area contributed by atoms with E-state index in [-0.39, 0.29) is 5.23 Å². The van der Waals surface area contributed by atoms with Crippen LogP contribution in [0.1, 0.15) is 0 Å². The van der Waals surface area contributed by atoms with E-state index in [1.54, 1.807) is 0 Å². The molecule has 0 saturated carbocycles. The molecule has 1 heterocycles. The Hall–Kier alpha value is -0.720. The maximum absolute atomic E-state index is 12.1. The van der Waals surface area contributed by atoms with Crippen molar-refractivity contribution in [2.75, 3.05) is 6.54 Å². The molecule has 0 unspecified atom stereocenters. The van der Waals surface area contributed by atoms with Crippen molar-refractivity contribution >= 4 is 0 Å². The predicted molar refractivity (Wildman–Crippen MR) is 26.2 cm³/mol. The summed E-state index contributed by atoms with van der Waals surface area (Å²) in [5.41, 5.74) is 1.97. The van der Waals surface area contributed by atoms with Gasteiger partial charge in [0, 0.05) is 0 Å². The van der Waals surface area contributed by atoms with E-state index in [9.17, 15) is 8.87 Å². The molecule has 0 fully saturated rings. The zero-order valence-electron chi connectivity index (χ0n) is 4.51. The molecule has 0 saturated heterocycles. The van der Waals surface area contributed by atoms with Crippen molar-refractivity contribution in [1.82, 2.24) is 15.9 Å². The van der Waals surface area contributed by atoms with E-state index in [1.807, 2.05) is 5.53 Å². The van der Waals surface area contributed by atoms with Crippen LogP contribution in [0.5, 0.6) is 0 Å². The number of hydrogen-bond donors (Lipinski definition) is 2. The fraction of sp³-hybridized carbons (Fsp3) is 0.333. The topological polar surface area (TPSA) is 44.5 Å². The van der Waals surface area contributed by atoms with Crippen LogP contribution in [0.15, 0.2) is 12.0 Å². The molecule has 0 amide bonds. The van der Waals surface area contributed by atoms with Crippen LogP contribution in [0, 0.1) is 0 Å². The molecule has 0 spiro atoms. The fourth-order valence-electron chi connectivity index (χ4n) is 0.514. The van der Waals surface area contributed by atoms with Gasteiger partial charge in [-0.15, -0.1) is 10.0 Å². The molecule has 1 aliphatic rings. The summed E-state index contributed by atoms with van der Waals surface area (Å²) in [7, 11) is 0. The van der Waals surface area contributed by atoms with Gasteiger partial charge < -0.3 is 0 Å². The van der Waals surface area contributed by atoms with Crippen LogP contribution in [0.3, 0.4) is 0 Å². The van der Waals surface area contributed by atoms with Crippen molar-refractivity contribution in [3.8, 4) is 0 Å². The molecule has 0 aliphatic carbocycles. The van der Waals surface area contributed by atoms with Gasteiger partial charge in [0.2, 0.25) is 0 Å². The molecule has 1 aliphatic heterocycles. The van der Waals surface area contributed by atoms with E-state index in [0.717, 1.165) is 6.20 Å². The summed E-state index contributed by atoms with van der Waals surface area (Å²) in [6, 6.07) is 0. The van der Waals surface area contributed by atoms with Crippen LogP contribution in [-0.2, 0) is 0 Å². The molecular formula is C3H6F2N4. The van der Waals surface area contributed by atoms with Gasteiger partial charge in [0.1, 0.15) is 12.4 Å². The van der Waals surface area contributed by atoms with E-state index < -0.39 is 12.4 Å². The maximum Gasteiger partial charge on any atom is 0.137 e. The Morgan fingerprint density at radius 2 is 2.44 bits per heavy atom. The van der Waals surface area contributed by atoms with Crippen LogP contribution in [0.2, 0.25) is 0 Å². The molecule has 0 atom stereocenters. The quantitative estimate of drug-likeness (QED) is 0.351. The van der Waals surface area contributed by atoms with Gasteiger partial charge in [0.05, 0.1) is 6.20 Å². The minimum absolute atomic E-state index is 0.0370. The molecule has 0 aromatic rings. The summed E-state index contributed by atoms with van der Waals surface area (Å²) in [6.07, 6.45) is 0.954. The molecule has 9 heavy (non-hydrogen) atoms. The second-order valence-corrected chi connectivity index (χ2v) is 1.60. The second kappa shape index (κ2) is 2.26. The second-order valence-electron chi connectivity index (χ2n) is 1.60. The van der Waals surface area contributed by atoms with Crippen LogP contribution < -0.4 is 11.4 Å². The molecular weight excluding hydrogens is 130 g/mol. The number of rotatable bonds is 0. The van der Waals surface area contributed by atoms with Crippen molar-refractivity contribution in [1.29, 1.82) is 0 Å². The average molecular weight is 136 g/mol. The van der Waals surface area contributed by atoms with Gasteiger partial charge in [-0.25, -0.2) is 15.4 Å². The fourth-order valence-corrected chi connectivity index (χ4v) is 0.514. The summed E-state index contributed by atoms with van der Waals surface area (Å²) in [5.74, 6) is 4.31. The third-order valence-corrected chi connectivity index (χ3v) is 0.793. The van der Waals surface area contributed by atoms with Crippen LogP contribution >= 0.6 is 0 Å². The molecule has 1 rings (SSSR count). The highest BCUT2D eigenvalue weighted by atomic mass is 19.2. The van der Waals surface area contributed by atoms with E-state index in [1.165, 1.54) is 0 Å². The largest absolute Gasteiger partial charge is 0.233 e. The van der Waals surface area contributed by atoms with Crippen molar-refractivity contribution in [3.05, 3.63) is 12.0 Å². The van der Waals surface area contributed by atoms with Crippen LogP contribution in [-0.4, -0.2) is 16.9 Å². The first kappa shape index (κ1) is 6.40. The first-order chi connectivity index (χ1) is 4.18. The van der Waals surface area contributed by atoms with Gasteiger partial charge >= 0.3 is 0 Å². The number of hydrogen-bond acceptors (Lipinski definition) is 4.